The molecule has 2 saturated carbocycles. The molecule has 0 radical (unpaired) electrons. The fourth-order valence-electron chi connectivity index (χ4n) is 7.99. The van der Waals surface area contributed by atoms with Crippen LogP contribution in [0.3, 0.4) is 0 Å². The molecule has 0 spiro atoms. The molecule has 2 aliphatic heterocycles. The highest BCUT2D eigenvalue weighted by molar-refractivity contribution is 8.00. The fraction of sp³-hybridized carbons (Fsp3) is 0.303. The number of thioether (sulfide) groups is 1. The van der Waals surface area contributed by atoms with Crippen LogP contribution in [0.4, 0.5) is 11.4 Å². The highest BCUT2D eigenvalue weighted by atomic mass is 32.2. The molecule has 1 aromatic heterocycles. The number of aromatic nitrogens is 1. The number of carbonyl (C=O) groups excluding carboxylic acids is 2. The molecule has 8 rings (SSSR count). The Morgan fingerprint density at radius 3 is 2.30 bits per heavy atom. The minimum absolute atomic E-state index is 0.00401. The van der Waals surface area contributed by atoms with Gasteiger partial charge in [-0.25, -0.2) is 0 Å². The lowest BCUT2D eigenvalue weighted by atomic mass is 9.68. The van der Waals surface area contributed by atoms with Crippen LogP contribution in [0.25, 0.3) is 0 Å². The Morgan fingerprint density at radius 2 is 1.61 bits per heavy atom. The smallest absolute Gasteiger partial charge is 0.305 e. The number of H-pyrrole nitrogens is 1. The molecule has 44 heavy (non-hydrogen) atoms. The van der Waals surface area contributed by atoms with Crippen molar-refractivity contribution in [3.05, 3.63) is 114 Å². The third-order valence-electron chi connectivity index (χ3n) is 9.81. The fourth-order valence-corrected chi connectivity index (χ4v) is 10.9. The van der Waals surface area contributed by atoms with Gasteiger partial charge in [0, 0.05) is 28.2 Å². The number of anilines is 1. The molecule has 7 atom stereocenters. The number of benzene rings is 3. The van der Waals surface area contributed by atoms with Crippen LogP contribution in [0.1, 0.15) is 33.9 Å². The number of thiazole rings is 1. The molecule has 2 amide bonds. The molecular formula is C33H27N3O6S2. The maximum Gasteiger partial charge on any atom is 0.305 e. The molecule has 3 aromatic carbocycles. The highest BCUT2D eigenvalue weighted by Crippen LogP contribution is 2.68. The molecule has 9 nitrogen and oxygen atoms in total. The van der Waals surface area contributed by atoms with Gasteiger partial charge in [0.15, 0.2) is 0 Å². The highest BCUT2D eigenvalue weighted by Gasteiger charge is 2.69. The molecule has 11 heteroatoms. The summed E-state index contributed by atoms with van der Waals surface area (Å²) in [6, 6.07) is 21.9. The van der Waals surface area contributed by atoms with E-state index in [0.29, 0.717) is 12.3 Å². The zero-order valence-corrected chi connectivity index (χ0v) is 25.2. The SMILES string of the molecule is Cc1ccc(COc2ccc(C3c4sc(=O)[nH]c4SC4C3[C@H]3C[C@@H]4C4C(=O)N(c5ccc([N+](=O)[O-])cc5)C(=O)C43)cc2)cc1. The summed E-state index contributed by atoms with van der Waals surface area (Å²) in [5, 5.41) is 12.1. The number of fused-ring (bicyclic) bond motifs is 9. The van der Waals surface area contributed by atoms with Crippen molar-refractivity contribution in [2.45, 2.75) is 36.1 Å². The number of aromatic amines is 1. The predicted molar refractivity (Wildman–Crippen MR) is 166 cm³/mol. The standard InChI is InChI=1S/C33H27N3O6S2/c1-16-2-4-17(5-3-16)15-42-21-12-6-18(7-13-21)24-25-22-14-23(28(25)43-30-29(24)44-33(39)34-30)27-26(22)31(37)35(32(27)38)19-8-10-20(11-9-19)36(40)41/h2-13,22-28H,14-15H2,1H3,(H,34,39)/t22-,23-,24?,25?,26?,27?,28?/m1/s1. The van der Waals surface area contributed by atoms with Gasteiger partial charge in [0.1, 0.15) is 12.4 Å². The quantitative estimate of drug-likeness (QED) is 0.161. The van der Waals surface area contributed by atoms with E-state index in [1.165, 1.54) is 46.1 Å². The normalized spacial score (nSPS) is 28.1. The van der Waals surface area contributed by atoms with Gasteiger partial charge in [-0.3, -0.25) is 29.4 Å². The molecule has 1 saturated heterocycles. The number of nitrogens with zero attached hydrogens (tertiary/aromatic N) is 2. The molecule has 2 bridgehead atoms. The van der Waals surface area contributed by atoms with E-state index in [9.17, 15) is 24.5 Å². The van der Waals surface area contributed by atoms with Crippen molar-refractivity contribution in [2.24, 2.45) is 29.6 Å². The second kappa shape index (κ2) is 10.2. The minimum Gasteiger partial charge on any atom is -0.489 e. The Morgan fingerprint density at radius 1 is 0.932 bits per heavy atom. The number of ether oxygens (including phenoxy) is 1. The first-order valence-corrected chi connectivity index (χ1v) is 16.3. The molecule has 3 fully saturated rings. The van der Waals surface area contributed by atoms with Crippen LogP contribution in [0.15, 0.2) is 82.6 Å². The second-order valence-electron chi connectivity index (χ2n) is 12.1. The number of carbonyl (C=O) groups is 2. The van der Waals surface area contributed by atoms with E-state index in [2.05, 4.69) is 48.3 Å². The van der Waals surface area contributed by atoms with Crippen molar-refractivity contribution in [3.63, 3.8) is 0 Å². The molecule has 222 valence electrons. The number of nitrogens with one attached hydrogen (secondary N) is 1. The molecule has 1 N–H and O–H groups in total. The average molecular weight is 626 g/mol. The summed E-state index contributed by atoms with van der Waals surface area (Å²) >= 11 is 2.88. The van der Waals surface area contributed by atoms with E-state index in [1.807, 2.05) is 12.1 Å². The number of non-ortho nitro benzene ring substituents is 1. The predicted octanol–water partition coefficient (Wildman–Crippen LogP) is 5.91. The van der Waals surface area contributed by atoms with Crippen LogP contribution in [0.2, 0.25) is 0 Å². The van der Waals surface area contributed by atoms with E-state index in [-0.39, 0.29) is 51.3 Å². The summed E-state index contributed by atoms with van der Waals surface area (Å²) in [4.78, 5) is 56.1. The maximum absolute atomic E-state index is 13.9. The van der Waals surface area contributed by atoms with Gasteiger partial charge in [0.05, 0.1) is 27.5 Å². The Kier molecular flexibility index (Phi) is 6.32. The lowest BCUT2D eigenvalue weighted by molar-refractivity contribution is -0.384. The van der Waals surface area contributed by atoms with Crippen molar-refractivity contribution in [1.82, 2.24) is 4.98 Å². The van der Waals surface area contributed by atoms with Crippen LogP contribution in [0, 0.1) is 46.6 Å². The van der Waals surface area contributed by atoms with Crippen LogP contribution in [-0.4, -0.2) is 27.0 Å². The molecule has 4 aromatic rings. The van der Waals surface area contributed by atoms with Crippen molar-refractivity contribution in [2.75, 3.05) is 4.90 Å². The van der Waals surface area contributed by atoms with E-state index in [0.717, 1.165) is 33.2 Å². The van der Waals surface area contributed by atoms with Gasteiger partial charge in [-0.05, 0) is 66.5 Å². The van der Waals surface area contributed by atoms with Crippen LogP contribution in [-0.2, 0) is 16.2 Å². The lowest BCUT2D eigenvalue weighted by Crippen LogP contribution is -2.42. The largest absolute Gasteiger partial charge is 0.489 e. The van der Waals surface area contributed by atoms with Crippen molar-refractivity contribution in [1.29, 1.82) is 0 Å². The summed E-state index contributed by atoms with van der Waals surface area (Å²) in [6.45, 7) is 2.51. The van der Waals surface area contributed by atoms with Gasteiger partial charge in [-0.1, -0.05) is 53.3 Å². The summed E-state index contributed by atoms with van der Waals surface area (Å²) in [7, 11) is 0. The third-order valence-corrected chi connectivity index (χ3v) is 12.4. The average Bonchev–Trinajstić information content (AvgIpc) is 3.76. The summed E-state index contributed by atoms with van der Waals surface area (Å²) < 4.78 is 6.06. The summed E-state index contributed by atoms with van der Waals surface area (Å²) in [6.07, 6.45) is 0.788. The maximum atomic E-state index is 13.9. The van der Waals surface area contributed by atoms with E-state index >= 15 is 0 Å². The molecular weight excluding hydrogens is 599 g/mol. The number of aryl methyl sites for hydroxylation is 1. The third kappa shape index (κ3) is 4.16. The number of nitro benzene ring substituents is 1. The molecule has 5 unspecified atom stereocenters. The van der Waals surface area contributed by atoms with Gasteiger partial charge < -0.3 is 9.72 Å². The Labute approximate surface area is 260 Å². The Balaban J connectivity index is 1.10. The van der Waals surface area contributed by atoms with Gasteiger partial charge in [-0.15, -0.1) is 11.8 Å². The van der Waals surface area contributed by atoms with Gasteiger partial charge in [0.25, 0.3) is 5.69 Å². The second-order valence-corrected chi connectivity index (χ2v) is 14.3. The first-order chi connectivity index (χ1) is 21.3. The number of nitro groups is 1. The van der Waals surface area contributed by atoms with Gasteiger partial charge in [-0.2, -0.15) is 0 Å². The monoisotopic (exact) mass is 625 g/mol. The lowest BCUT2D eigenvalue weighted by Gasteiger charge is -2.43. The number of amides is 2. The first kappa shape index (κ1) is 27.3. The first-order valence-electron chi connectivity index (χ1n) is 14.6. The van der Waals surface area contributed by atoms with Crippen molar-refractivity contribution >= 4 is 46.3 Å². The van der Waals surface area contributed by atoms with Crippen molar-refractivity contribution < 1.29 is 19.2 Å². The van der Waals surface area contributed by atoms with E-state index in [4.69, 9.17) is 4.74 Å². The number of hydrogen-bond donors (Lipinski definition) is 1. The van der Waals surface area contributed by atoms with Crippen LogP contribution < -0.4 is 14.5 Å². The van der Waals surface area contributed by atoms with E-state index in [1.54, 1.807) is 11.8 Å². The van der Waals surface area contributed by atoms with Crippen LogP contribution >= 0.6 is 23.1 Å². The Hall–Kier alpha value is -4.22. The topological polar surface area (TPSA) is 123 Å². The van der Waals surface area contributed by atoms with Crippen molar-refractivity contribution in [3.8, 4) is 5.75 Å². The molecule has 2 aliphatic carbocycles. The van der Waals surface area contributed by atoms with E-state index < -0.39 is 16.8 Å². The zero-order chi connectivity index (χ0) is 30.3. The summed E-state index contributed by atoms with van der Waals surface area (Å²) in [5.74, 6) is -0.597. The molecule has 4 aliphatic rings. The number of imide groups is 1. The minimum atomic E-state index is -0.500. The molecule has 3 heterocycles. The Bertz CT molecular complexity index is 1870. The van der Waals surface area contributed by atoms with Gasteiger partial charge >= 0.3 is 4.87 Å². The zero-order valence-electron chi connectivity index (χ0n) is 23.5. The number of hydrogen-bond acceptors (Lipinski definition) is 8. The van der Waals surface area contributed by atoms with Gasteiger partial charge in [0.2, 0.25) is 11.8 Å². The van der Waals surface area contributed by atoms with Crippen LogP contribution in [0.5, 0.6) is 5.75 Å². The number of rotatable bonds is 6. The summed E-state index contributed by atoms with van der Waals surface area (Å²) in [5.41, 5.74) is 3.63.